The van der Waals surface area contributed by atoms with Crippen LogP contribution < -0.4 is 10.2 Å². The van der Waals surface area contributed by atoms with Gasteiger partial charge in [-0.15, -0.1) is 0 Å². The molecule has 0 aromatic heterocycles. The Hall–Kier alpha value is -1.44. The van der Waals surface area contributed by atoms with Gasteiger partial charge in [0.15, 0.2) is 0 Å². The van der Waals surface area contributed by atoms with Crippen LogP contribution in [-0.4, -0.2) is 26.1 Å². The van der Waals surface area contributed by atoms with Gasteiger partial charge in [0.05, 0.1) is 6.54 Å². The molecule has 3 N–H and O–H groups in total. The first-order valence-corrected chi connectivity index (χ1v) is 12.0. The maximum absolute atomic E-state index is 12.7. The van der Waals surface area contributed by atoms with Crippen molar-refractivity contribution in [1.29, 1.82) is 0 Å². The fraction of sp³-hybridized carbons (Fsp3) is 0.667. The van der Waals surface area contributed by atoms with E-state index < -0.39 is 27.7 Å². The molecule has 1 unspecified atom stereocenters. The van der Waals surface area contributed by atoms with Crippen molar-refractivity contribution in [1.82, 2.24) is 10.2 Å². The molecule has 160 valence electrons. The second kappa shape index (κ2) is 14.5. The summed E-state index contributed by atoms with van der Waals surface area (Å²) in [4.78, 5) is 11.2. The molecular formula is C21H36N2O4S. The molecule has 28 heavy (non-hydrogen) atoms. The van der Waals surface area contributed by atoms with E-state index in [0.29, 0.717) is 6.42 Å². The van der Waals surface area contributed by atoms with E-state index in [0.717, 1.165) is 24.8 Å². The molecular weight excluding hydrogens is 376 g/mol. The minimum atomic E-state index is -3.71. The van der Waals surface area contributed by atoms with Gasteiger partial charge in [0.1, 0.15) is 5.25 Å². The van der Waals surface area contributed by atoms with Gasteiger partial charge in [-0.1, -0.05) is 101 Å². The first kappa shape index (κ1) is 24.6. The Morgan fingerprint density at radius 1 is 0.929 bits per heavy atom. The predicted octanol–water partition coefficient (Wildman–Crippen LogP) is 4.46. The van der Waals surface area contributed by atoms with Crippen molar-refractivity contribution in [2.45, 2.75) is 82.8 Å². The number of sulfonamides is 1. The molecule has 1 aromatic carbocycles. The van der Waals surface area contributed by atoms with E-state index in [1.54, 1.807) is 12.1 Å². The third-order valence-corrected chi connectivity index (χ3v) is 6.73. The maximum atomic E-state index is 12.7. The van der Waals surface area contributed by atoms with Gasteiger partial charge in [0.25, 0.3) is 5.91 Å². The van der Waals surface area contributed by atoms with Crippen molar-refractivity contribution >= 4 is 15.9 Å². The number of carbonyl (C=O) groups is 1. The Labute approximate surface area is 170 Å². The van der Waals surface area contributed by atoms with Crippen molar-refractivity contribution in [3.63, 3.8) is 0 Å². The highest BCUT2D eigenvalue weighted by Gasteiger charge is 2.27. The molecule has 1 amide bonds. The van der Waals surface area contributed by atoms with Crippen LogP contribution in [-0.2, 0) is 14.8 Å². The van der Waals surface area contributed by atoms with Crippen LogP contribution in [0.5, 0.6) is 0 Å². The summed E-state index contributed by atoms with van der Waals surface area (Å²) in [5.41, 5.74) is 2.16. The second-order valence-electron chi connectivity index (χ2n) is 7.27. The third-order valence-electron chi connectivity index (χ3n) is 4.92. The fourth-order valence-corrected chi connectivity index (χ4v) is 4.82. The summed E-state index contributed by atoms with van der Waals surface area (Å²) in [6, 6.07) is 9.08. The minimum absolute atomic E-state index is 0.472. The van der Waals surface area contributed by atoms with E-state index in [2.05, 4.69) is 11.6 Å². The van der Waals surface area contributed by atoms with E-state index in [1.165, 1.54) is 50.4 Å². The zero-order valence-electron chi connectivity index (χ0n) is 17.0. The minimum Gasteiger partial charge on any atom is -0.289 e. The molecule has 0 saturated heterocycles. The average Bonchev–Trinajstić information content (AvgIpc) is 2.70. The van der Waals surface area contributed by atoms with E-state index in [9.17, 15) is 13.2 Å². The van der Waals surface area contributed by atoms with Crippen molar-refractivity contribution in [2.75, 3.05) is 6.54 Å². The first-order valence-electron chi connectivity index (χ1n) is 10.5. The van der Waals surface area contributed by atoms with Crippen molar-refractivity contribution in [2.24, 2.45) is 0 Å². The number of benzene rings is 1. The Morgan fingerprint density at radius 2 is 1.46 bits per heavy atom. The number of carbonyl (C=O) groups excluding carboxylic acids is 1. The smallest absolute Gasteiger partial charge is 0.258 e. The Morgan fingerprint density at radius 3 is 2.00 bits per heavy atom. The average molecular weight is 413 g/mol. The molecule has 7 heteroatoms. The summed E-state index contributed by atoms with van der Waals surface area (Å²) >= 11 is 0. The molecule has 0 bridgehead atoms. The summed E-state index contributed by atoms with van der Waals surface area (Å²) in [6.45, 7) is 1.75. The van der Waals surface area contributed by atoms with Crippen LogP contribution in [0.3, 0.4) is 0 Å². The van der Waals surface area contributed by atoms with E-state index >= 15 is 0 Å². The number of nitrogens with one attached hydrogen (secondary N) is 2. The Bertz CT molecular complexity index is 635. The zero-order chi connectivity index (χ0) is 20.7. The van der Waals surface area contributed by atoms with Gasteiger partial charge >= 0.3 is 0 Å². The molecule has 1 atom stereocenters. The van der Waals surface area contributed by atoms with Gasteiger partial charge in [-0.05, 0) is 12.0 Å². The van der Waals surface area contributed by atoms with Gasteiger partial charge in [-0.3, -0.25) is 10.0 Å². The van der Waals surface area contributed by atoms with Crippen LogP contribution in [0.1, 0.15) is 88.4 Å². The zero-order valence-corrected chi connectivity index (χ0v) is 17.8. The molecule has 0 spiro atoms. The molecule has 1 aromatic rings. The summed E-state index contributed by atoms with van der Waals surface area (Å²) in [5, 5.41) is 7.86. The molecule has 1 rings (SSSR count). The van der Waals surface area contributed by atoms with Crippen LogP contribution in [0.4, 0.5) is 0 Å². The van der Waals surface area contributed by atoms with Crippen LogP contribution in [0.25, 0.3) is 0 Å². The lowest BCUT2D eigenvalue weighted by molar-refractivity contribution is -0.127. The van der Waals surface area contributed by atoms with E-state index in [1.807, 2.05) is 18.2 Å². The van der Waals surface area contributed by atoms with Gasteiger partial charge < -0.3 is 0 Å². The maximum Gasteiger partial charge on any atom is 0.258 e. The molecule has 0 aliphatic carbocycles. The summed E-state index contributed by atoms with van der Waals surface area (Å²) in [6.07, 6.45) is 12.4. The van der Waals surface area contributed by atoms with Crippen LogP contribution in [0.15, 0.2) is 30.3 Å². The topological polar surface area (TPSA) is 95.5 Å². The highest BCUT2D eigenvalue weighted by Crippen LogP contribution is 2.27. The van der Waals surface area contributed by atoms with Crippen molar-refractivity contribution < 1.29 is 18.4 Å². The van der Waals surface area contributed by atoms with E-state index in [4.69, 9.17) is 5.21 Å². The second-order valence-corrected chi connectivity index (χ2v) is 9.22. The van der Waals surface area contributed by atoms with Gasteiger partial charge in [-0.25, -0.2) is 18.6 Å². The summed E-state index contributed by atoms with van der Waals surface area (Å²) in [7, 11) is -3.71. The monoisotopic (exact) mass is 412 g/mol. The summed E-state index contributed by atoms with van der Waals surface area (Å²) in [5.74, 6) is -0.783. The summed E-state index contributed by atoms with van der Waals surface area (Å²) < 4.78 is 27.6. The lowest BCUT2D eigenvalue weighted by atomic mass is 10.0. The Balaban J connectivity index is 2.44. The van der Waals surface area contributed by atoms with Gasteiger partial charge in [0.2, 0.25) is 10.0 Å². The van der Waals surface area contributed by atoms with Crippen LogP contribution in [0.2, 0.25) is 0 Å². The number of hydrogen-bond donors (Lipinski definition) is 3. The highest BCUT2D eigenvalue weighted by atomic mass is 32.2. The van der Waals surface area contributed by atoms with Crippen LogP contribution >= 0.6 is 0 Å². The van der Waals surface area contributed by atoms with Crippen molar-refractivity contribution in [3.05, 3.63) is 35.9 Å². The number of hydrogen-bond acceptors (Lipinski definition) is 4. The number of hydroxylamine groups is 1. The lowest BCUT2D eigenvalue weighted by Crippen LogP contribution is -2.37. The standard InChI is InChI=1S/C21H36N2O4S/c1-2-3-4-5-6-7-8-9-10-14-17-20(19-15-12-11-13-16-19)28(26,27)22-18-21(24)23-25/h11-13,15-16,20,22,25H,2-10,14,17-18H2,1H3,(H,23,24). The first-order chi connectivity index (χ1) is 13.5. The molecule has 0 radical (unpaired) electrons. The van der Waals surface area contributed by atoms with E-state index in [-0.39, 0.29) is 0 Å². The third kappa shape index (κ3) is 10.2. The Kier molecular flexibility index (Phi) is 12.8. The number of unbranched alkanes of at least 4 members (excludes halogenated alkanes) is 9. The SMILES string of the molecule is CCCCCCCCCCCCC(c1ccccc1)S(=O)(=O)NCC(=O)NO. The largest absolute Gasteiger partial charge is 0.289 e. The predicted molar refractivity (Wildman–Crippen MR) is 112 cm³/mol. The molecule has 0 aliphatic rings. The normalized spacial score (nSPS) is 12.6. The molecule has 0 saturated carbocycles. The van der Waals surface area contributed by atoms with Crippen molar-refractivity contribution in [3.8, 4) is 0 Å². The highest BCUT2D eigenvalue weighted by molar-refractivity contribution is 7.89. The molecule has 0 heterocycles. The number of rotatable bonds is 16. The molecule has 6 nitrogen and oxygen atoms in total. The quantitative estimate of drug-likeness (QED) is 0.212. The molecule has 0 fully saturated rings. The van der Waals surface area contributed by atoms with Gasteiger partial charge in [0, 0.05) is 0 Å². The van der Waals surface area contributed by atoms with Crippen LogP contribution in [0, 0.1) is 0 Å². The lowest BCUT2D eigenvalue weighted by Gasteiger charge is -2.18. The van der Waals surface area contributed by atoms with Gasteiger partial charge in [-0.2, -0.15) is 0 Å². The number of amides is 1. The fourth-order valence-electron chi connectivity index (χ4n) is 3.29. The molecule has 0 aliphatic heterocycles.